The van der Waals surface area contributed by atoms with E-state index in [2.05, 4.69) is 10.3 Å². The van der Waals surface area contributed by atoms with Crippen molar-refractivity contribution in [3.05, 3.63) is 16.6 Å². The Morgan fingerprint density at radius 1 is 1.59 bits per heavy atom. The molecule has 0 saturated carbocycles. The van der Waals surface area contributed by atoms with Crippen molar-refractivity contribution in [2.45, 2.75) is 32.7 Å². The van der Waals surface area contributed by atoms with Gasteiger partial charge in [0.2, 0.25) is 5.91 Å². The normalized spacial score (nSPS) is 14.4. The highest BCUT2D eigenvalue weighted by molar-refractivity contribution is 7.07. The number of amides is 2. The maximum absolute atomic E-state index is 11.9. The molecule has 1 aromatic rings. The zero-order valence-electron chi connectivity index (χ0n) is 10.2. The molecule has 0 radical (unpaired) electrons. The Morgan fingerprint density at radius 3 is 2.59 bits per heavy atom. The fourth-order valence-corrected chi connectivity index (χ4v) is 2.28. The zero-order valence-corrected chi connectivity index (χ0v) is 11.0. The Hall–Kier alpha value is -1.43. The fraction of sp³-hybridized carbons (Fsp3) is 0.545. The molecule has 1 heterocycles. The van der Waals surface area contributed by atoms with Crippen LogP contribution in [0.5, 0.6) is 0 Å². The third-order valence-corrected chi connectivity index (χ3v) is 3.57. The van der Waals surface area contributed by atoms with E-state index < -0.39 is 11.4 Å². The predicted molar refractivity (Wildman–Crippen MR) is 66.6 cm³/mol. The van der Waals surface area contributed by atoms with Crippen LogP contribution in [-0.4, -0.2) is 22.3 Å². The summed E-state index contributed by atoms with van der Waals surface area (Å²) >= 11 is 1.33. The number of hydrogen-bond acceptors (Lipinski definition) is 4. The zero-order chi connectivity index (χ0) is 13.1. The first kappa shape index (κ1) is 13.6. The van der Waals surface area contributed by atoms with Gasteiger partial charge in [-0.25, -0.2) is 4.98 Å². The molecule has 1 atom stereocenters. The second-order valence-corrected chi connectivity index (χ2v) is 4.89. The van der Waals surface area contributed by atoms with Gasteiger partial charge in [-0.15, -0.1) is 11.3 Å². The van der Waals surface area contributed by atoms with Gasteiger partial charge in [-0.05, 0) is 12.3 Å². The number of carbonyl (C=O) groups excluding carboxylic acids is 2. The second-order valence-electron chi connectivity index (χ2n) is 4.17. The Balaban J connectivity index is 2.95. The first-order chi connectivity index (χ1) is 7.94. The molecule has 17 heavy (non-hydrogen) atoms. The Bertz CT molecular complexity index is 403. The van der Waals surface area contributed by atoms with Crippen molar-refractivity contribution >= 4 is 23.2 Å². The summed E-state index contributed by atoms with van der Waals surface area (Å²) in [4.78, 5) is 27.4. The van der Waals surface area contributed by atoms with Crippen LogP contribution in [0.4, 0.5) is 0 Å². The molecule has 0 aliphatic carbocycles. The van der Waals surface area contributed by atoms with E-state index in [0.717, 1.165) is 0 Å². The number of primary amides is 1. The van der Waals surface area contributed by atoms with E-state index in [0.29, 0.717) is 12.1 Å². The van der Waals surface area contributed by atoms with Gasteiger partial charge in [0.25, 0.3) is 5.91 Å². The second kappa shape index (κ2) is 5.27. The summed E-state index contributed by atoms with van der Waals surface area (Å²) in [7, 11) is 0. The number of nitrogens with zero attached hydrogens (tertiary/aromatic N) is 1. The van der Waals surface area contributed by atoms with Gasteiger partial charge in [-0.3, -0.25) is 9.59 Å². The lowest BCUT2D eigenvalue weighted by Gasteiger charge is -2.34. The molecular weight excluding hydrogens is 238 g/mol. The lowest BCUT2D eigenvalue weighted by molar-refractivity contribution is -0.126. The monoisotopic (exact) mass is 255 g/mol. The standard InChI is InChI=1S/C11H17N3O2S/c1-4-11(7(2)3,10(12)16)14-9(15)8-5-17-6-13-8/h5-7H,4H2,1-3H3,(H2,12,16)(H,14,15). The highest BCUT2D eigenvalue weighted by Crippen LogP contribution is 2.21. The van der Waals surface area contributed by atoms with Crippen LogP contribution in [0, 0.1) is 5.92 Å². The van der Waals surface area contributed by atoms with E-state index in [-0.39, 0.29) is 11.8 Å². The quantitative estimate of drug-likeness (QED) is 0.828. The van der Waals surface area contributed by atoms with E-state index in [1.807, 2.05) is 20.8 Å². The minimum Gasteiger partial charge on any atom is -0.368 e. The van der Waals surface area contributed by atoms with Gasteiger partial charge < -0.3 is 11.1 Å². The number of aromatic nitrogens is 1. The van der Waals surface area contributed by atoms with Gasteiger partial charge in [-0.2, -0.15) is 0 Å². The molecule has 0 spiro atoms. The van der Waals surface area contributed by atoms with Gasteiger partial charge in [0.05, 0.1) is 5.51 Å². The maximum atomic E-state index is 11.9. The van der Waals surface area contributed by atoms with Crippen LogP contribution in [0.15, 0.2) is 10.9 Å². The molecule has 1 rings (SSSR count). The largest absolute Gasteiger partial charge is 0.368 e. The number of nitrogens with one attached hydrogen (secondary N) is 1. The number of rotatable bonds is 5. The van der Waals surface area contributed by atoms with Crippen LogP contribution in [-0.2, 0) is 4.79 Å². The first-order valence-corrected chi connectivity index (χ1v) is 6.39. The van der Waals surface area contributed by atoms with Crippen molar-refractivity contribution in [3.8, 4) is 0 Å². The number of carbonyl (C=O) groups is 2. The smallest absolute Gasteiger partial charge is 0.271 e. The average Bonchev–Trinajstić information content (AvgIpc) is 2.77. The molecule has 0 aromatic carbocycles. The molecule has 1 unspecified atom stereocenters. The topological polar surface area (TPSA) is 85.1 Å². The van der Waals surface area contributed by atoms with Crippen LogP contribution in [0.25, 0.3) is 0 Å². The molecular formula is C11H17N3O2S. The van der Waals surface area contributed by atoms with Crippen molar-refractivity contribution in [2.24, 2.45) is 11.7 Å². The molecule has 0 aliphatic rings. The number of thiazole rings is 1. The van der Waals surface area contributed by atoms with Crippen molar-refractivity contribution in [1.29, 1.82) is 0 Å². The third kappa shape index (κ3) is 2.63. The van der Waals surface area contributed by atoms with Gasteiger partial charge in [0.15, 0.2) is 0 Å². The minimum atomic E-state index is -1.01. The van der Waals surface area contributed by atoms with Crippen LogP contribution in [0.1, 0.15) is 37.7 Å². The Labute approximate surface area is 104 Å². The fourth-order valence-electron chi connectivity index (χ4n) is 1.75. The molecule has 3 N–H and O–H groups in total. The van der Waals surface area contributed by atoms with Gasteiger partial charge in [0, 0.05) is 5.38 Å². The molecule has 0 bridgehead atoms. The minimum absolute atomic E-state index is 0.0763. The predicted octanol–water partition coefficient (Wildman–Crippen LogP) is 1.16. The van der Waals surface area contributed by atoms with Crippen molar-refractivity contribution in [1.82, 2.24) is 10.3 Å². The van der Waals surface area contributed by atoms with Gasteiger partial charge in [0.1, 0.15) is 11.2 Å². The van der Waals surface area contributed by atoms with Crippen molar-refractivity contribution in [3.63, 3.8) is 0 Å². The maximum Gasteiger partial charge on any atom is 0.271 e. The van der Waals surface area contributed by atoms with Crippen LogP contribution < -0.4 is 11.1 Å². The summed E-state index contributed by atoms with van der Waals surface area (Å²) in [5.41, 5.74) is 6.29. The van der Waals surface area contributed by atoms with Gasteiger partial charge >= 0.3 is 0 Å². The van der Waals surface area contributed by atoms with E-state index >= 15 is 0 Å². The molecule has 94 valence electrons. The SMILES string of the molecule is CCC(NC(=O)c1cscn1)(C(N)=O)C(C)C. The first-order valence-electron chi connectivity index (χ1n) is 5.44. The summed E-state index contributed by atoms with van der Waals surface area (Å²) in [5, 5.41) is 4.35. The summed E-state index contributed by atoms with van der Waals surface area (Å²) in [5.74, 6) is -0.952. The summed E-state index contributed by atoms with van der Waals surface area (Å²) < 4.78 is 0. The molecule has 0 aliphatic heterocycles. The average molecular weight is 255 g/mol. The van der Waals surface area contributed by atoms with E-state index in [1.165, 1.54) is 11.3 Å². The molecule has 6 heteroatoms. The van der Waals surface area contributed by atoms with Crippen LogP contribution in [0.2, 0.25) is 0 Å². The van der Waals surface area contributed by atoms with Crippen molar-refractivity contribution < 1.29 is 9.59 Å². The highest BCUT2D eigenvalue weighted by atomic mass is 32.1. The lowest BCUT2D eigenvalue weighted by Crippen LogP contribution is -2.60. The summed E-state index contributed by atoms with van der Waals surface area (Å²) in [6.45, 7) is 5.54. The summed E-state index contributed by atoms with van der Waals surface area (Å²) in [6, 6.07) is 0. The molecule has 5 nitrogen and oxygen atoms in total. The number of hydrogen-bond donors (Lipinski definition) is 2. The van der Waals surface area contributed by atoms with E-state index in [9.17, 15) is 9.59 Å². The van der Waals surface area contributed by atoms with Gasteiger partial charge in [-0.1, -0.05) is 20.8 Å². The lowest BCUT2D eigenvalue weighted by atomic mass is 9.83. The summed E-state index contributed by atoms with van der Waals surface area (Å²) in [6.07, 6.45) is 0.454. The highest BCUT2D eigenvalue weighted by Gasteiger charge is 2.40. The Kier molecular flexibility index (Phi) is 4.22. The molecule has 0 saturated heterocycles. The van der Waals surface area contributed by atoms with Crippen LogP contribution >= 0.6 is 11.3 Å². The van der Waals surface area contributed by atoms with Crippen molar-refractivity contribution in [2.75, 3.05) is 0 Å². The van der Waals surface area contributed by atoms with Crippen LogP contribution in [0.3, 0.4) is 0 Å². The molecule has 2 amide bonds. The number of nitrogens with two attached hydrogens (primary N) is 1. The molecule has 0 fully saturated rings. The third-order valence-electron chi connectivity index (χ3n) is 2.98. The van der Waals surface area contributed by atoms with E-state index in [4.69, 9.17) is 5.73 Å². The Morgan fingerprint density at radius 2 is 2.24 bits per heavy atom. The molecule has 1 aromatic heterocycles. The van der Waals surface area contributed by atoms with E-state index in [1.54, 1.807) is 10.9 Å².